The number of aromatic nitrogens is 1. The van der Waals surface area contributed by atoms with Gasteiger partial charge in [0.1, 0.15) is 4.88 Å². The van der Waals surface area contributed by atoms with Gasteiger partial charge in [-0.05, 0) is 29.5 Å². The summed E-state index contributed by atoms with van der Waals surface area (Å²) in [5.41, 5.74) is 2.82. The summed E-state index contributed by atoms with van der Waals surface area (Å²) in [5, 5.41) is 1.94. The number of hydrogen-bond acceptors (Lipinski definition) is 5. The van der Waals surface area contributed by atoms with Gasteiger partial charge >= 0.3 is 5.97 Å². The molecule has 0 aliphatic rings. The van der Waals surface area contributed by atoms with Crippen molar-refractivity contribution in [2.24, 2.45) is 0 Å². The van der Waals surface area contributed by atoms with Gasteiger partial charge in [-0.25, -0.2) is 9.78 Å². The third-order valence-electron chi connectivity index (χ3n) is 2.58. The van der Waals surface area contributed by atoms with E-state index in [4.69, 9.17) is 9.47 Å². The van der Waals surface area contributed by atoms with Gasteiger partial charge in [0.25, 0.3) is 0 Å². The highest BCUT2D eigenvalue weighted by Crippen LogP contribution is 2.33. The number of aryl methyl sites for hydroxylation is 1. The number of thiophene rings is 1. The normalized spacial score (nSPS) is 10.2. The Bertz CT molecular complexity index is 577. The van der Waals surface area contributed by atoms with Crippen LogP contribution in [0.2, 0.25) is 0 Å². The van der Waals surface area contributed by atoms with Gasteiger partial charge in [0, 0.05) is 17.8 Å². The minimum absolute atomic E-state index is 0.320. The number of ether oxygens (including phenoxy) is 2. The number of hydrogen-bond donors (Lipinski definition) is 0. The number of carbonyl (C=O) groups is 1. The van der Waals surface area contributed by atoms with Gasteiger partial charge in [0.15, 0.2) is 0 Å². The zero-order valence-electron chi connectivity index (χ0n) is 10.4. The molecule has 2 rings (SSSR count). The van der Waals surface area contributed by atoms with E-state index in [0.717, 1.165) is 16.7 Å². The third-order valence-corrected chi connectivity index (χ3v) is 3.66. The van der Waals surface area contributed by atoms with Gasteiger partial charge in [0.05, 0.1) is 14.2 Å². The van der Waals surface area contributed by atoms with E-state index >= 15 is 0 Å². The lowest BCUT2D eigenvalue weighted by Gasteiger charge is -2.06. The van der Waals surface area contributed by atoms with Crippen molar-refractivity contribution in [3.05, 3.63) is 34.2 Å². The molecule has 2 heterocycles. The molecule has 0 spiro atoms. The Morgan fingerprint density at radius 1 is 1.39 bits per heavy atom. The highest BCUT2D eigenvalue weighted by Gasteiger charge is 2.18. The summed E-state index contributed by atoms with van der Waals surface area (Å²) < 4.78 is 9.89. The molecule has 0 fully saturated rings. The van der Waals surface area contributed by atoms with E-state index in [1.165, 1.54) is 18.4 Å². The molecular formula is C13H13NO3S. The number of rotatable bonds is 3. The third kappa shape index (κ3) is 2.22. The molecule has 5 heteroatoms. The topological polar surface area (TPSA) is 48.4 Å². The minimum Gasteiger partial charge on any atom is -0.481 e. The number of esters is 1. The highest BCUT2D eigenvalue weighted by molar-refractivity contribution is 7.12. The van der Waals surface area contributed by atoms with E-state index in [-0.39, 0.29) is 5.97 Å². The first-order valence-corrected chi connectivity index (χ1v) is 6.22. The van der Waals surface area contributed by atoms with Gasteiger partial charge in [-0.15, -0.1) is 11.3 Å². The van der Waals surface area contributed by atoms with Crippen molar-refractivity contribution in [2.45, 2.75) is 6.92 Å². The second-order valence-corrected chi connectivity index (χ2v) is 4.58. The van der Waals surface area contributed by atoms with Gasteiger partial charge in [0.2, 0.25) is 5.88 Å². The number of methoxy groups -OCH3 is 2. The summed E-state index contributed by atoms with van der Waals surface area (Å²) in [4.78, 5) is 16.4. The molecule has 0 saturated heterocycles. The van der Waals surface area contributed by atoms with Crippen LogP contribution in [0, 0.1) is 6.92 Å². The average Bonchev–Trinajstić information content (AvgIpc) is 2.79. The molecule has 0 amide bonds. The molecule has 0 bridgehead atoms. The van der Waals surface area contributed by atoms with E-state index in [9.17, 15) is 4.79 Å². The van der Waals surface area contributed by atoms with Crippen molar-refractivity contribution in [3.8, 4) is 17.0 Å². The Morgan fingerprint density at radius 2 is 2.17 bits per heavy atom. The molecular weight excluding hydrogens is 250 g/mol. The van der Waals surface area contributed by atoms with Gasteiger partial charge in [-0.3, -0.25) is 0 Å². The molecule has 0 saturated carbocycles. The Balaban J connectivity index is 2.55. The lowest BCUT2D eigenvalue weighted by molar-refractivity contribution is 0.0607. The maximum atomic E-state index is 11.7. The molecule has 0 N–H and O–H groups in total. The molecule has 0 unspecified atom stereocenters. The minimum atomic E-state index is -0.320. The summed E-state index contributed by atoms with van der Waals surface area (Å²) in [5.74, 6) is 0.202. The standard InChI is InChI=1S/C13H13NO3S/c1-8-7-18-12(13(15)17-3)11(8)9-4-5-14-10(6-9)16-2/h4-7H,1-3H3. The van der Waals surface area contributed by atoms with Crippen molar-refractivity contribution >= 4 is 17.3 Å². The van der Waals surface area contributed by atoms with E-state index < -0.39 is 0 Å². The molecule has 0 aliphatic heterocycles. The van der Waals surface area contributed by atoms with Crippen molar-refractivity contribution in [1.82, 2.24) is 4.98 Å². The van der Waals surface area contributed by atoms with Crippen LogP contribution in [-0.2, 0) is 4.74 Å². The van der Waals surface area contributed by atoms with Crippen LogP contribution >= 0.6 is 11.3 Å². The zero-order chi connectivity index (χ0) is 13.1. The summed E-state index contributed by atoms with van der Waals surface area (Å²) in [6.45, 7) is 1.96. The lowest BCUT2D eigenvalue weighted by Crippen LogP contribution is -2.00. The fraction of sp³-hybridized carbons (Fsp3) is 0.231. The number of pyridine rings is 1. The molecule has 0 radical (unpaired) electrons. The Kier molecular flexibility index (Phi) is 3.62. The predicted molar refractivity (Wildman–Crippen MR) is 70.2 cm³/mol. The van der Waals surface area contributed by atoms with Crippen LogP contribution in [-0.4, -0.2) is 25.2 Å². The lowest BCUT2D eigenvalue weighted by atomic mass is 10.0. The Hall–Kier alpha value is -1.88. The van der Waals surface area contributed by atoms with E-state index in [2.05, 4.69) is 4.98 Å². The second kappa shape index (κ2) is 5.18. The van der Waals surface area contributed by atoms with Gasteiger partial charge in [-0.2, -0.15) is 0 Å². The first kappa shape index (κ1) is 12.6. The van der Waals surface area contributed by atoms with Gasteiger partial charge < -0.3 is 9.47 Å². The van der Waals surface area contributed by atoms with Crippen LogP contribution in [0.15, 0.2) is 23.7 Å². The van der Waals surface area contributed by atoms with Crippen molar-refractivity contribution < 1.29 is 14.3 Å². The Labute approximate surface area is 109 Å². The quantitative estimate of drug-likeness (QED) is 0.799. The fourth-order valence-corrected chi connectivity index (χ4v) is 2.71. The maximum absolute atomic E-state index is 11.7. The summed E-state index contributed by atoms with van der Waals surface area (Å²) >= 11 is 1.38. The highest BCUT2D eigenvalue weighted by atomic mass is 32.1. The molecule has 18 heavy (non-hydrogen) atoms. The molecule has 0 aromatic carbocycles. The van der Waals surface area contributed by atoms with Crippen molar-refractivity contribution in [3.63, 3.8) is 0 Å². The number of carbonyl (C=O) groups excluding carboxylic acids is 1. The largest absolute Gasteiger partial charge is 0.481 e. The van der Waals surface area contributed by atoms with Crippen molar-refractivity contribution in [1.29, 1.82) is 0 Å². The van der Waals surface area contributed by atoms with Gasteiger partial charge in [-0.1, -0.05) is 0 Å². The first-order valence-electron chi connectivity index (χ1n) is 5.34. The SMILES string of the molecule is COC(=O)c1scc(C)c1-c1ccnc(OC)c1. The summed E-state index contributed by atoms with van der Waals surface area (Å²) in [6.07, 6.45) is 1.66. The molecule has 2 aromatic rings. The summed E-state index contributed by atoms with van der Waals surface area (Å²) in [7, 11) is 2.95. The monoisotopic (exact) mass is 263 g/mol. The van der Waals surface area contributed by atoms with Crippen LogP contribution in [0.25, 0.3) is 11.1 Å². The van der Waals surface area contributed by atoms with Crippen LogP contribution < -0.4 is 4.74 Å². The predicted octanol–water partition coefficient (Wildman–Crippen LogP) is 2.91. The fourth-order valence-electron chi connectivity index (χ4n) is 1.72. The van der Waals surface area contributed by atoms with E-state index in [1.807, 2.05) is 24.4 Å². The van der Waals surface area contributed by atoms with E-state index in [0.29, 0.717) is 10.8 Å². The van der Waals surface area contributed by atoms with Crippen LogP contribution in [0.3, 0.4) is 0 Å². The molecule has 0 aliphatic carbocycles. The summed E-state index contributed by atoms with van der Waals surface area (Å²) in [6, 6.07) is 3.66. The maximum Gasteiger partial charge on any atom is 0.348 e. The van der Waals surface area contributed by atoms with Crippen molar-refractivity contribution in [2.75, 3.05) is 14.2 Å². The Morgan fingerprint density at radius 3 is 2.83 bits per heavy atom. The average molecular weight is 263 g/mol. The molecule has 4 nitrogen and oxygen atoms in total. The van der Waals surface area contributed by atoms with Crippen LogP contribution in [0.1, 0.15) is 15.2 Å². The first-order chi connectivity index (χ1) is 8.67. The van der Waals surface area contributed by atoms with Crippen LogP contribution in [0.4, 0.5) is 0 Å². The number of nitrogens with zero attached hydrogens (tertiary/aromatic N) is 1. The smallest absolute Gasteiger partial charge is 0.348 e. The molecule has 0 atom stereocenters. The zero-order valence-corrected chi connectivity index (χ0v) is 11.2. The second-order valence-electron chi connectivity index (χ2n) is 3.70. The molecule has 94 valence electrons. The van der Waals surface area contributed by atoms with Crippen LogP contribution in [0.5, 0.6) is 5.88 Å². The molecule has 2 aromatic heterocycles. The van der Waals surface area contributed by atoms with E-state index in [1.54, 1.807) is 13.3 Å².